The molecule has 2 heterocycles. The maximum absolute atomic E-state index is 2.62. The predicted molar refractivity (Wildman–Crippen MR) is 186 cm³/mol. The number of hydrogen-bond donors (Lipinski definition) is 0. The number of halogens is 2. The Morgan fingerprint density at radius 3 is 1.31 bits per heavy atom. The number of hydrogen-bond acceptors (Lipinski definition) is 0. The zero-order valence-corrected chi connectivity index (χ0v) is 34.1. The van der Waals surface area contributed by atoms with Gasteiger partial charge in [0.15, 0.2) is 0 Å². The Morgan fingerprint density at radius 1 is 0.533 bits per heavy atom. The van der Waals surface area contributed by atoms with E-state index in [1.165, 1.54) is 50.6 Å². The first-order valence-corrected chi connectivity index (χ1v) is 26.4. The molecule has 2 fully saturated rings. The zero-order valence-electron chi connectivity index (χ0n) is 27.0. The van der Waals surface area contributed by atoms with Crippen LogP contribution in [0.4, 0.5) is 0 Å². The molecule has 232 valence electrons. The molecule has 0 amide bonds. The van der Waals surface area contributed by atoms with Crippen molar-refractivity contribution in [2.75, 3.05) is 0 Å². The van der Waals surface area contributed by atoms with Crippen molar-refractivity contribution >= 4 is 22.8 Å². The van der Waals surface area contributed by atoms with Gasteiger partial charge in [-0.25, -0.2) is 0 Å². The predicted octanol–water partition coefficient (Wildman–Crippen LogP) is 4.34. The minimum absolute atomic E-state index is 0. The average Bonchev–Trinajstić information content (AvgIpc) is 3.52. The molecule has 2 aliphatic heterocycles. The first-order valence-electron chi connectivity index (χ1n) is 17.4. The van der Waals surface area contributed by atoms with Gasteiger partial charge in [-0.05, 0) is 0 Å². The van der Waals surface area contributed by atoms with Crippen molar-refractivity contribution in [3.8, 4) is 22.3 Å². The van der Waals surface area contributed by atoms with Gasteiger partial charge in [-0.15, -0.1) is 0 Å². The summed E-state index contributed by atoms with van der Waals surface area (Å²) in [5.41, 5.74) is 14.9. The van der Waals surface area contributed by atoms with Crippen LogP contribution in [0.2, 0.25) is 36.3 Å². The van der Waals surface area contributed by atoms with Crippen molar-refractivity contribution in [2.45, 2.75) is 99.7 Å². The van der Waals surface area contributed by atoms with E-state index in [0.29, 0.717) is 0 Å². The molecular formula is C40H46Cl2HfSi2. The first-order chi connectivity index (χ1) is 21.2. The molecule has 4 aromatic carbocycles. The van der Waals surface area contributed by atoms with Crippen LogP contribution >= 0.6 is 0 Å². The molecule has 0 aromatic heterocycles. The molecule has 2 saturated heterocycles. The standard InChI is InChI=1S/2C20H23Si.2ClH.Hf/c2*1-2-3-13-21(14-8-15-21)20-18-11-6-4-9-16(18)17-10-5-7-12-19(17)20;;;/h2*4-7,9-11,20H,2-3,8,13-15H2,1H3;2*1H;/q;;;;+2/p-2. The van der Waals surface area contributed by atoms with Crippen LogP contribution in [0.15, 0.2) is 84.9 Å². The van der Waals surface area contributed by atoms with Crippen molar-refractivity contribution in [1.82, 2.24) is 0 Å². The maximum Gasteiger partial charge on any atom is -1.00 e. The summed E-state index contributed by atoms with van der Waals surface area (Å²) in [4.78, 5) is 0. The van der Waals surface area contributed by atoms with Crippen molar-refractivity contribution in [3.63, 3.8) is 0 Å². The van der Waals surface area contributed by atoms with Gasteiger partial charge in [0.05, 0.1) is 0 Å². The van der Waals surface area contributed by atoms with Gasteiger partial charge in [0, 0.05) is 0 Å². The Kier molecular flexibility index (Phi) is 10.3. The van der Waals surface area contributed by atoms with E-state index in [4.69, 9.17) is 0 Å². The fourth-order valence-corrected chi connectivity index (χ4v) is 27.2. The molecule has 2 unspecified atom stereocenters. The summed E-state index contributed by atoms with van der Waals surface area (Å²) >= 11 is -1.34. The van der Waals surface area contributed by atoms with Gasteiger partial charge < -0.3 is 24.8 Å². The fourth-order valence-electron chi connectivity index (χ4n) is 9.84. The van der Waals surface area contributed by atoms with Crippen LogP contribution in [0.25, 0.3) is 22.3 Å². The Morgan fingerprint density at radius 2 is 0.933 bits per heavy atom. The summed E-state index contributed by atoms with van der Waals surface area (Å²) in [6.07, 6.45) is 8.51. The number of rotatable bonds is 10. The molecule has 45 heavy (non-hydrogen) atoms. The van der Waals surface area contributed by atoms with E-state index in [0.717, 1.165) is 11.1 Å². The SMILES string of the molecule is CCCC[Si]1(C2c3ccccc3-c3ccc[c]([Hf+2][c]4cccc5c4C([Si]4(CCCC)CCC4)c4ccccc4-5)c32)CCC1.[Cl-].[Cl-]. The number of unbranched alkanes of at least 4 members (excludes halogenated alkanes) is 2. The van der Waals surface area contributed by atoms with Crippen LogP contribution in [0.5, 0.6) is 0 Å². The normalized spacial score (nSPS) is 20.6. The van der Waals surface area contributed by atoms with Crippen LogP contribution < -0.4 is 31.5 Å². The van der Waals surface area contributed by atoms with Gasteiger partial charge in [0.2, 0.25) is 0 Å². The Balaban J connectivity index is 0.00000179. The molecule has 0 N–H and O–H groups in total. The van der Waals surface area contributed by atoms with Crippen LogP contribution in [0.1, 0.15) is 85.7 Å². The van der Waals surface area contributed by atoms with Gasteiger partial charge in [-0.3, -0.25) is 0 Å². The Labute approximate surface area is 297 Å². The van der Waals surface area contributed by atoms with Crippen molar-refractivity contribution < 1.29 is 47.7 Å². The summed E-state index contributed by atoms with van der Waals surface area (Å²) in [7, 11) is -2.74. The molecule has 5 heteroatoms. The van der Waals surface area contributed by atoms with Crippen LogP contribution in [-0.4, -0.2) is 16.1 Å². The average molecular weight is 832 g/mol. The molecule has 0 radical (unpaired) electrons. The van der Waals surface area contributed by atoms with Gasteiger partial charge in [0.25, 0.3) is 0 Å². The largest absolute Gasteiger partial charge is 1.00 e. The molecule has 4 aromatic rings. The Bertz CT molecular complexity index is 1550. The third-order valence-electron chi connectivity index (χ3n) is 12.2. The molecule has 0 spiro atoms. The molecule has 2 aliphatic carbocycles. The summed E-state index contributed by atoms with van der Waals surface area (Å²) in [5, 5.41) is 0. The minimum atomic E-state index is -1.37. The van der Waals surface area contributed by atoms with E-state index in [-0.39, 0.29) is 24.8 Å². The molecule has 2 atom stereocenters. The van der Waals surface area contributed by atoms with Gasteiger partial charge in [-0.2, -0.15) is 0 Å². The Hall–Kier alpha value is -1.24. The van der Waals surface area contributed by atoms with Crippen LogP contribution in [0, 0.1) is 0 Å². The van der Waals surface area contributed by atoms with E-state index in [1.807, 2.05) is 17.8 Å². The van der Waals surface area contributed by atoms with Gasteiger partial charge >= 0.3 is 275 Å². The quantitative estimate of drug-likeness (QED) is 0.209. The number of fused-ring (bicyclic) bond motifs is 6. The maximum atomic E-state index is 2.62. The van der Waals surface area contributed by atoms with E-state index >= 15 is 0 Å². The van der Waals surface area contributed by atoms with Crippen LogP contribution in [-0.2, 0) is 22.9 Å². The molecular weight excluding hydrogens is 786 g/mol. The second-order valence-electron chi connectivity index (χ2n) is 14.3. The topological polar surface area (TPSA) is 0 Å². The zero-order chi connectivity index (χ0) is 29.0. The van der Waals surface area contributed by atoms with E-state index in [9.17, 15) is 0 Å². The molecule has 0 bridgehead atoms. The summed E-state index contributed by atoms with van der Waals surface area (Å²) < 4.78 is 3.66. The van der Waals surface area contributed by atoms with Gasteiger partial charge in [-0.1, -0.05) is 0 Å². The first kappa shape index (κ1) is 33.7. The van der Waals surface area contributed by atoms with Crippen molar-refractivity contribution in [1.29, 1.82) is 0 Å². The second-order valence-corrected chi connectivity index (χ2v) is 28.7. The summed E-state index contributed by atoms with van der Waals surface area (Å²) in [5.74, 6) is 0. The molecule has 8 rings (SSSR count). The summed E-state index contributed by atoms with van der Waals surface area (Å²) in [6, 6.07) is 43.6. The van der Waals surface area contributed by atoms with E-state index in [1.54, 1.807) is 57.6 Å². The second kappa shape index (κ2) is 13.7. The number of benzene rings is 4. The van der Waals surface area contributed by atoms with Gasteiger partial charge in [0.1, 0.15) is 0 Å². The fraction of sp³-hybridized carbons (Fsp3) is 0.400. The molecule has 0 saturated carbocycles. The van der Waals surface area contributed by atoms with E-state index < -0.39 is 39.1 Å². The minimum Gasteiger partial charge on any atom is -1.00 e. The third kappa shape index (κ3) is 5.40. The monoisotopic (exact) mass is 832 g/mol. The third-order valence-corrected chi connectivity index (χ3v) is 29.0. The molecule has 0 nitrogen and oxygen atoms in total. The molecule has 4 aliphatic rings. The van der Waals surface area contributed by atoms with Crippen LogP contribution in [0.3, 0.4) is 0 Å². The smallest absolute Gasteiger partial charge is 1.00 e. The summed E-state index contributed by atoms with van der Waals surface area (Å²) in [6.45, 7) is 4.81. The van der Waals surface area contributed by atoms with Crippen molar-refractivity contribution in [2.24, 2.45) is 0 Å². The van der Waals surface area contributed by atoms with E-state index in [2.05, 4.69) is 98.8 Å². The van der Waals surface area contributed by atoms with Crippen molar-refractivity contribution in [3.05, 3.63) is 107 Å².